The SMILES string of the molecule is O=C(O)C(Cc1cnc[nH]1)NS(=O)(=O)c1ccc(I)cc1. The molecule has 3 N–H and O–H groups in total. The van der Waals surface area contributed by atoms with Crippen LogP contribution in [0.4, 0.5) is 0 Å². The maximum absolute atomic E-state index is 12.2. The number of carboxylic acids is 1. The van der Waals surface area contributed by atoms with Crippen molar-refractivity contribution in [2.45, 2.75) is 17.4 Å². The van der Waals surface area contributed by atoms with Gasteiger partial charge in [-0.2, -0.15) is 4.72 Å². The molecule has 0 saturated carbocycles. The van der Waals surface area contributed by atoms with Crippen LogP contribution in [-0.4, -0.2) is 35.5 Å². The zero-order valence-electron chi connectivity index (χ0n) is 10.7. The molecule has 0 aliphatic rings. The van der Waals surface area contributed by atoms with Crippen molar-refractivity contribution in [1.82, 2.24) is 14.7 Å². The molecular formula is C12H12IN3O4S. The molecule has 1 heterocycles. The van der Waals surface area contributed by atoms with Crippen LogP contribution in [-0.2, 0) is 21.2 Å². The van der Waals surface area contributed by atoms with E-state index in [1.165, 1.54) is 24.7 Å². The van der Waals surface area contributed by atoms with Crippen molar-refractivity contribution in [2.24, 2.45) is 0 Å². The number of nitrogens with zero attached hydrogens (tertiary/aromatic N) is 1. The average molecular weight is 421 g/mol. The van der Waals surface area contributed by atoms with Crippen molar-refractivity contribution in [1.29, 1.82) is 0 Å². The van der Waals surface area contributed by atoms with E-state index in [9.17, 15) is 13.2 Å². The van der Waals surface area contributed by atoms with E-state index >= 15 is 0 Å². The molecule has 0 fully saturated rings. The molecule has 1 aromatic heterocycles. The normalized spacial score (nSPS) is 13.0. The Kier molecular flexibility index (Phi) is 4.96. The maximum atomic E-state index is 12.2. The Morgan fingerprint density at radius 1 is 1.38 bits per heavy atom. The second-order valence-corrected chi connectivity index (χ2v) is 7.21. The summed E-state index contributed by atoms with van der Waals surface area (Å²) in [5.74, 6) is -1.25. The molecular weight excluding hydrogens is 409 g/mol. The fraction of sp³-hybridized carbons (Fsp3) is 0.167. The molecule has 112 valence electrons. The zero-order valence-corrected chi connectivity index (χ0v) is 13.6. The number of carboxylic acid groups (broad SMARTS) is 1. The molecule has 0 aliphatic heterocycles. The van der Waals surface area contributed by atoms with Crippen LogP contribution in [0.1, 0.15) is 5.69 Å². The highest BCUT2D eigenvalue weighted by atomic mass is 127. The van der Waals surface area contributed by atoms with Crippen molar-refractivity contribution >= 4 is 38.6 Å². The van der Waals surface area contributed by atoms with Crippen molar-refractivity contribution in [3.63, 3.8) is 0 Å². The number of hydrogen-bond acceptors (Lipinski definition) is 4. The fourth-order valence-corrected chi connectivity index (χ4v) is 3.21. The van der Waals surface area contributed by atoms with Crippen LogP contribution in [0.3, 0.4) is 0 Å². The average Bonchev–Trinajstić information content (AvgIpc) is 2.91. The quantitative estimate of drug-likeness (QED) is 0.603. The van der Waals surface area contributed by atoms with Gasteiger partial charge in [0.15, 0.2) is 0 Å². The number of aliphatic carboxylic acids is 1. The Balaban J connectivity index is 2.19. The zero-order chi connectivity index (χ0) is 15.5. The predicted molar refractivity (Wildman–Crippen MR) is 83.2 cm³/mol. The molecule has 21 heavy (non-hydrogen) atoms. The first-order valence-electron chi connectivity index (χ1n) is 5.86. The van der Waals surface area contributed by atoms with Gasteiger partial charge in [0.1, 0.15) is 6.04 Å². The minimum absolute atomic E-state index is 0.0149. The minimum atomic E-state index is -3.89. The first-order valence-corrected chi connectivity index (χ1v) is 8.42. The van der Waals surface area contributed by atoms with E-state index in [2.05, 4.69) is 37.3 Å². The van der Waals surface area contributed by atoms with E-state index in [0.717, 1.165) is 3.57 Å². The molecule has 1 aromatic carbocycles. The van der Waals surface area contributed by atoms with Gasteiger partial charge in [-0.25, -0.2) is 13.4 Å². The fourth-order valence-electron chi connectivity index (χ4n) is 1.66. The van der Waals surface area contributed by atoms with Crippen LogP contribution in [0.2, 0.25) is 0 Å². The first-order chi connectivity index (χ1) is 9.88. The topological polar surface area (TPSA) is 112 Å². The number of H-pyrrole nitrogens is 1. The number of benzene rings is 1. The number of hydrogen-bond donors (Lipinski definition) is 3. The minimum Gasteiger partial charge on any atom is -0.480 e. The van der Waals surface area contributed by atoms with E-state index in [1.54, 1.807) is 12.1 Å². The number of aromatic nitrogens is 2. The first kappa shape index (κ1) is 15.9. The maximum Gasteiger partial charge on any atom is 0.322 e. The third-order valence-corrected chi connectivity index (χ3v) is 4.91. The monoisotopic (exact) mass is 421 g/mol. The van der Waals surface area contributed by atoms with E-state index in [1.807, 2.05) is 0 Å². The Bertz CT molecular complexity index is 713. The summed E-state index contributed by atoms with van der Waals surface area (Å²) in [6.45, 7) is 0. The third-order valence-electron chi connectivity index (χ3n) is 2.70. The number of rotatable bonds is 6. The van der Waals surface area contributed by atoms with Crippen LogP contribution in [0, 0.1) is 3.57 Å². The lowest BCUT2D eigenvalue weighted by Crippen LogP contribution is -2.42. The van der Waals surface area contributed by atoms with Gasteiger partial charge in [0.2, 0.25) is 10.0 Å². The summed E-state index contributed by atoms with van der Waals surface area (Å²) in [7, 11) is -3.89. The second-order valence-electron chi connectivity index (χ2n) is 4.25. The summed E-state index contributed by atoms with van der Waals surface area (Å²) < 4.78 is 27.4. The van der Waals surface area contributed by atoms with Crippen LogP contribution in [0.25, 0.3) is 0 Å². The van der Waals surface area contributed by atoms with E-state index in [-0.39, 0.29) is 11.3 Å². The lowest BCUT2D eigenvalue weighted by molar-refractivity contribution is -0.138. The van der Waals surface area contributed by atoms with E-state index in [0.29, 0.717) is 5.69 Å². The van der Waals surface area contributed by atoms with Crippen molar-refractivity contribution in [3.05, 3.63) is 46.1 Å². The molecule has 0 radical (unpaired) electrons. The number of halogens is 1. The van der Waals surface area contributed by atoms with Gasteiger partial charge in [0, 0.05) is 21.9 Å². The highest BCUT2D eigenvalue weighted by molar-refractivity contribution is 14.1. The lowest BCUT2D eigenvalue weighted by atomic mass is 10.2. The number of sulfonamides is 1. The summed E-state index contributed by atoms with van der Waals surface area (Å²) in [5.41, 5.74) is 0.535. The summed E-state index contributed by atoms with van der Waals surface area (Å²) in [6.07, 6.45) is 2.84. The summed E-state index contributed by atoms with van der Waals surface area (Å²) in [4.78, 5) is 17.8. The van der Waals surface area contributed by atoms with E-state index in [4.69, 9.17) is 5.11 Å². The van der Waals surface area contributed by atoms with Crippen LogP contribution < -0.4 is 4.72 Å². The standard InChI is InChI=1S/C12H12IN3O4S/c13-8-1-3-10(4-2-8)21(19,20)16-11(12(17)18)5-9-6-14-7-15-9/h1-4,6-7,11,16H,5H2,(H,14,15)(H,17,18). The second kappa shape index (κ2) is 6.54. The lowest BCUT2D eigenvalue weighted by Gasteiger charge is -2.14. The van der Waals surface area contributed by atoms with Crippen LogP contribution in [0.5, 0.6) is 0 Å². The van der Waals surface area contributed by atoms with Crippen LogP contribution >= 0.6 is 22.6 Å². The predicted octanol–water partition coefficient (Wildman–Crippen LogP) is 0.989. The van der Waals surface area contributed by atoms with Gasteiger partial charge >= 0.3 is 5.97 Å². The highest BCUT2D eigenvalue weighted by Gasteiger charge is 2.26. The van der Waals surface area contributed by atoms with Gasteiger partial charge in [-0.05, 0) is 46.9 Å². The third kappa shape index (κ3) is 4.25. The number of aromatic amines is 1. The van der Waals surface area contributed by atoms with Gasteiger partial charge in [-0.1, -0.05) is 0 Å². The largest absolute Gasteiger partial charge is 0.480 e. The smallest absolute Gasteiger partial charge is 0.322 e. The molecule has 1 unspecified atom stereocenters. The van der Waals surface area contributed by atoms with Crippen LogP contribution in [0.15, 0.2) is 41.7 Å². The Morgan fingerprint density at radius 2 is 2.05 bits per heavy atom. The van der Waals surface area contributed by atoms with Gasteiger partial charge < -0.3 is 10.1 Å². The molecule has 9 heteroatoms. The molecule has 0 spiro atoms. The Morgan fingerprint density at radius 3 is 2.57 bits per heavy atom. The van der Waals surface area contributed by atoms with Crippen molar-refractivity contribution < 1.29 is 18.3 Å². The highest BCUT2D eigenvalue weighted by Crippen LogP contribution is 2.13. The molecule has 7 nitrogen and oxygen atoms in total. The molecule has 2 rings (SSSR count). The van der Waals surface area contributed by atoms with Crippen molar-refractivity contribution in [3.8, 4) is 0 Å². The molecule has 0 bridgehead atoms. The summed E-state index contributed by atoms with van der Waals surface area (Å²) in [5, 5.41) is 9.16. The van der Waals surface area contributed by atoms with Gasteiger partial charge in [0.05, 0.1) is 11.2 Å². The molecule has 0 amide bonds. The van der Waals surface area contributed by atoms with Gasteiger partial charge in [-0.3, -0.25) is 4.79 Å². The Labute approximate surface area is 135 Å². The molecule has 0 aliphatic carbocycles. The number of imidazole rings is 1. The van der Waals surface area contributed by atoms with Gasteiger partial charge in [-0.15, -0.1) is 0 Å². The summed E-state index contributed by atoms with van der Waals surface area (Å²) >= 11 is 2.05. The molecule has 2 aromatic rings. The van der Waals surface area contributed by atoms with Crippen molar-refractivity contribution in [2.75, 3.05) is 0 Å². The number of nitrogens with one attached hydrogen (secondary N) is 2. The molecule has 0 saturated heterocycles. The molecule has 1 atom stereocenters. The van der Waals surface area contributed by atoms with Gasteiger partial charge in [0.25, 0.3) is 0 Å². The number of carbonyl (C=O) groups is 1. The summed E-state index contributed by atoms with van der Waals surface area (Å²) in [6, 6.07) is 4.87. The van der Waals surface area contributed by atoms with E-state index < -0.39 is 22.0 Å². The Hall–Kier alpha value is -1.46.